The topological polar surface area (TPSA) is 49.4 Å². The van der Waals surface area contributed by atoms with Gasteiger partial charge >= 0.3 is 0 Å². The van der Waals surface area contributed by atoms with E-state index in [9.17, 15) is 9.59 Å². The molecule has 1 aromatic carbocycles. The molecule has 3 rings (SSSR count). The van der Waals surface area contributed by atoms with Gasteiger partial charge in [0.05, 0.1) is 0 Å². The van der Waals surface area contributed by atoms with Crippen molar-refractivity contribution in [2.45, 2.75) is 31.2 Å². The normalized spacial score (nSPS) is 29.1. The van der Waals surface area contributed by atoms with Crippen LogP contribution in [0.2, 0.25) is 0 Å². The first-order valence-corrected chi connectivity index (χ1v) is 7.24. The van der Waals surface area contributed by atoms with E-state index >= 15 is 0 Å². The minimum absolute atomic E-state index is 0.0508. The lowest BCUT2D eigenvalue weighted by atomic mass is 9.95. The molecule has 1 heterocycles. The van der Waals surface area contributed by atoms with Gasteiger partial charge in [-0.3, -0.25) is 9.59 Å². The average Bonchev–Trinajstić information content (AvgIpc) is 3.22. The maximum absolute atomic E-state index is 12.2. The Bertz CT molecular complexity index is 514. The maximum Gasteiger partial charge on any atom is 0.223 e. The van der Waals surface area contributed by atoms with E-state index in [4.69, 9.17) is 0 Å². The molecule has 2 aliphatic rings. The van der Waals surface area contributed by atoms with E-state index < -0.39 is 0 Å². The van der Waals surface area contributed by atoms with Crippen LogP contribution in [-0.4, -0.2) is 36.3 Å². The molecular weight excluding hydrogens is 252 g/mol. The van der Waals surface area contributed by atoms with Crippen LogP contribution < -0.4 is 5.32 Å². The van der Waals surface area contributed by atoms with Crippen molar-refractivity contribution in [2.24, 2.45) is 5.92 Å². The number of hydrogen-bond acceptors (Lipinski definition) is 2. The molecule has 1 saturated carbocycles. The molecule has 20 heavy (non-hydrogen) atoms. The van der Waals surface area contributed by atoms with E-state index in [-0.39, 0.29) is 23.8 Å². The van der Waals surface area contributed by atoms with Gasteiger partial charge < -0.3 is 10.2 Å². The highest BCUT2D eigenvalue weighted by Crippen LogP contribution is 2.40. The highest BCUT2D eigenvalue weighted by atomic mass is 16.2. The smallest absolute Gasteiger partial charge is 0.223 e. The molecule has 0 bridgehead atoms. The summed E-state index contributed by atoms with van der Waals surface area (Å²) in [6, 6.07) is 10.5. The molecule has 3 unspecified atom stereocenters. The van der Waals surface area contributed by atoms with Gasteiger partial charge in [-0.1, -0.05) is 30.3 Å². The van der Waals surface area contributed by atoms with Gasteiger partial charge in [-0.2, -0.15) is 0 Å². The number of benzene rings is 1. The van der Waals surface area contributed by atoms with Gasteiger partial charge in [0.1, 0.15) is 0 Å². The van der Waals surface area contributed by atoms with Crippen LogP contribution in [0.15, 0.2) is 30.3 Å². The van der Waals surface area contributed by atoms with E-state index in [2.05, 4.69) is 17.4 Å². The molecule has 0 spiro atoms. The molecule has 0 aromatic heterocycles. The highest BCUT2D eigenvalue weighted by molar-refractivity contribution is 5.87. The lowest BCUT2D eigenvalue weighted by molar-refractivity contribution is -0.139. The summed E-state index contributed by atoms with van der Waals surface area (Å²) in [6.45, 7) is 0.684. The fourth-order valence-electron chi connectivity index (χ4n) is 2.89. The van der Waals surface area contributed by atoms with Gasteiger partial charge in [-0.25, -0.2) is 0 Å². The fraction of sp³-hybridized carbons (Fsp3) is 0.500. The first-order chi connectivity index (χ1) is 9.65. The molecule has 1 aromatic rings. The SMILES string of the molecule is CN1CCC(C(=O)NC2CC2c2ccccc2)CC1=O. The minimum Gasteiger partial charge on any atom is -0.352 e. The Morgan fingerprint density at radius 1 is 1.30 bits per heavy atom. The van der Waals surface area contributed by atoms with Gasteiger partial charge in [0.25, 0.3) is 0 Å². The third-order valence-corrected chi connectivity index (χ3v) is 4.38. The number of nitrogens with one attached hydrogen (secondary N) is 1. The second-order valence-electron chi connectivity index (χ2n) is 5.87. The fourth-order valence-corrected chi connectivity index (χ4v) is 2.89. The number of carbonyl (C=O) groups is 2. The van der Waals surface area contributed by atoms with Crippen LogP contribution in [0.3, 0.4) is 0 Å². The second kappa shape index (κ2) is 5.27. The Hall–Kier alpha value is -1.84. The van der Waals surface area contributed by atoms with Crippen molar-refractivity contribution in [3.8, 4) is 0 Å². The molecule has 4 heteroatoms. The van der Waals surface area contributed by atoms with Gasteiger partial charge in [0.15, 0.2) is 0 Å². The quantitative estimate of drug-likeness (QED) is 0.907. The third-order valence-electron chi connectivity index (χ3n) is 4.38. The predicted molar refractivity (Wildman–Crippen MR) is 76.1 cm³/mol. The third kappa shape index (κ3) is 2.69. The molecule has 1 N–H and O–H groups in total. The van der Waals surface area contributed by atoms with Crippen molar-refractivity contribution in [2.75, 3.05) is 13.6 Å². The molecule has 4 nitrogen and oxygen atoms in total. The number of carbonyl (C=O) groups excluding carboxylic acids is 2. The average molecular weight is 272 g/mol. The summed E-state index contributed by atoms with van der Waals surface area (Å²) in [6.07, 6.45) is 2.14. The summed E-state index contributed by atoms with van der Waals surface area (Å²) in [5.41, 5.74) is 1.29. The minimum atomic E-state index is -0.143. The highest BCUT2D eigenvalue weighted by Gasteiger charge is 2.41. The maximum atomic E-state index is 12.2. The summed E-state index contributed by atoms with van der Waals surface area (Å²) in [4.78, 5) is 25.5. The summed E-state index contributed by atoms with van der Waals surface area (Å²) in [5.74, 6) is 0.430. The van der Waals surface area contributed by atoms with Crippen LogP contribution in [0.1, 0.15) is 30.7 Å². The largest absolute Gasteiger partial charge is 0.352 e. The molecule has 1 saturated heterocycles. The van der Waals surface area contributed by atoms with Crippen LogP contribution >= 0.6 is 0 Å². The van der Waals surface area contributed by atoms with Crippen molar-refractivity contribution in [3.05, 3.63) is 35.9 Å². The molecule has 106 valence electrons. The Balaban J connectivity index is 1.52. The van der Waals surface area contributed by atoms with Crippen LogP contribution in [0.5, 0.6) is 0 Å². The Morgan fingerprint density at radius 2 is 2.05 bits per heavy atom. The van der Waals surface area contributed by atoms with E-state index in [1.54, 1.807) is 11.9 Å². The van der Waals surface area contributed by atoms with Crippen molar-refractivity contribution in [1.29, 1.82) is 0 Å². The van der Waals surface area contributed by atoms with E-state index in [1.807, 2.05) is 18.2 Å². The Labute approximate surface area is 119 Å². The summed E-state index contributed by atoms with van der Waals surface area (Å²) in [7, 11) is 1.79. The number of rotatable bonds is 3. The molecule has 2 fully saturated rings. The van der Waals surface area contributed by atoms with Crippen molar-refractivity contribution >= 4 is 11.8 Å². The number of nitrogens with zero attached hydrogens (tertiary/aromatic N) is 1. The molecule has 1 aliphatic heterocycles. The zero-order chi connectivity index (χ0) is 14.1. The Kier molecular flexibility index (Phi) is 3.47. The van der Waals surface area contributed by atoms with Gasteiger partial charge in [-0.15, -0.1) is 0 Å². The number of hydrogen-bond donors (Lipinski definition) is 1. The first kappa shape index (κ1) is 13.2. The summed E-state index contributed by atoms with van der Waals surface area (Å²) in [5, 5.41) is 3.10. The van der Waals surface area contributed by atoms with Crippen molar-refractivity contribution < 1.29 is 9.59 Å². The number of piperidine rings is 1. The second-order valence-corrected chi connectivity index (χ2v) is 5.87. The zero-order valence-electron chi connectivity index (χ0n) is 11.7. The predicted octanol–water partition coefficient (Wildman–Crippen LogP) is 1.53. The van der Waals surface area contributed by atoms with Crippen LogP contribution in [-0.2, 0) is 9.59 Å². The van der Waals surface area contributed by atoms with E-state index in [1.165, 1.54) is 5.56 Å². The van der Waals surface area contributed by atoms with Crippen LogP contribution in [0.25, 0.3) is 0 Å². The molecule has 3 atom stereocenters. The van der Waals surface area contributed by atoms with Crippen LogP contribution in [0, 0.1) is 5.92 Å². The van der Waals surface area contributed by atoms with Crippen molar-refractivity contribution in [1.82, 2.24) is 10.2 Å². The standard InChI is InChI=1S/C16H20N2O2/c1-18-8-7-12(9-15(18)19)16(20)17-14-10-13(14)11-5-3-2-4-6-11/h2-6,12-14H,7-10H2,1H3,(H,17,20). The van der Waals surface area contributed by atoms with E-state index in [0.29, 0.717) is 18.9 Å². The van der Waals surface area contributed by atoms with Gasteiger partial charge in [-0.05, 0) is 18.4 Å². The lowest BCUT2D eigenvalue weighted by Gasteiger charge is -2.28. The number of likely N-dealkylation sites (tertiary alicyclic amines) is 1. The number of amides is 2. The lowest BCUT2D eigenvalue weighted by Crippen LogP contribution is -2.42. The molecule has 0 radical (unpaired) electrons. The van der Waals surface area contributed by atoms with Crippen LogP contribution in [0.4, 0.5) is 0 Å². The molecule has 2 amide bonds. The van der Waals surface area contributed by atoms with E-state index in [0.717, 1.165) is 12.8 Å². The zero-order valence-corrected chi connectivity index (χ0v) is 11.7. The van der Waals surface area contributed by atoms with Gasteiger partial charge in [0, 0.05) is 37.9 Å². The monoisotopic (exact) mass is 272 g/mol. The molecule has 1 aliphatic carbocycles. The Morgan fingerprint density at radius 3 is 2.75 bits per heavy atom. The van der Waals surface area contributed by atoms with Gasteiger partial charge in [0.2, 0.25) is 11.8 Å². The summed E-state index contributed by atoms with van der Waals surface area (Å²) >= 11 is 0. The molecular formula is C16H20N2O2. The van der Waals surface area contributed by atoms with Crippen molar-refractivity contribution in [3.63, 3.8) is 0 Å². The first-order valence-electron chi connectivity index (χ1n) is 7.24. The summed E-state index contributed by atoms with van der Waals surface area (Å²) < 4.78 is 0.